The highest BCUT2D eigenvalue weighted by atomic mass is 35.5. The third kappa shape index (κ3) is 11.3. The molecule has 3 aromatic rings. The average Bonchev–Trinajstić information content (AvgIpc) is 3.34. The number of aromatic nitrogens is 4. The van der Waals surface area contributed by atoms with Crippen LogP contribution in [0.2, 0.25) is 10.0 Å². The Bertz CT molecular complexity index is 1660. The molecular formula is C32H42Cl2N6O9. The fourth-order valence-electron chi connectivity index (χ4n) is 4.21. The highest BCUT2D eigenvalue weighted by molar-refractivity contribution is 6.42. The van der Waals surface area contributed by atoms with Gasteiger partial charge in [0.15, 0.2) is 17.0 Å². The lowest BCUT2D eigenvalue weighted by atomic mass is 10.1. The van der Waals surface area contributed by atoms with Crippen molar-refractivity contribution in [1.29, 1.82) is 0 Å². The minimum absolute atomic E-state index is 0.0402. The van der Waals surface area contributed by atoms with Gasteiger partial charge in [-0.15, -0.1) is 0 Å². The van der Waals surface area contributed by atoms with Crippen LogP contribution in [0, 0.1) is 0 Å². The SMILES string of the molecule is CC(C)(C)OC(=O)NC(CCCOc1ccc(Cl)c(Cl)c1Cn1cnc2c(N(C(=O)OC(C)(C)C)C(=O)OC(C)(C)C)ncnc21)C(=O)O. The largest absolute Gasteiger partial charge is 0.493 e. The van der Waals surface area contributed by atoms with E-state index in [-0.39, 0.29) is 53.0 Å². The highest BCUT2D eigenvalue weighted by Gasteiger charge is 2.36. The van der Waals surface area contributed by atoms with Gasteiger partial charge in [0.1, 0.15) is 34.9 Å². The zero-order valence-electron chi connectivity index (χ0n) is 28.9. The summed E-state index contributed by atoms with van der Waals surface area (Å²) in [4.78, 5) is 63.9. The van der Waals surface area contributed by atoms with Crippen molar-refractivity contribution in [3.8, 4) is 5.75 Å². The second-order valence-electron chi connectivity index (χ2n) is 13.9. The number of fused-ring (bicyclic) bond motifs is 1. The second-order valence-corrected chi connectivity index (χ2v) is 14.7. The summed E-state index contributed by atoms with van der Waals surface area (Å²) in [5, 5.41) is 12.4. The number of imide groups is 1. The molecule has 49 heavy (non-hydrogen) atoms. The van der Waals surface area contributed by atoms with Crippen LogP contribution in [0.3, 0.4) is 0 Å². The fraction of sp³-hybridized carbons (Fsp3) is 0.531. The molecule has 0 aliphatic heterocycles. The van der Waals surface area contributed by atoms with Crippen LogP contribution in [0.15, 0.2) is 24.8 Å². The Hall–Kier alpha value is -4.37. The summed E-state index contributed by atoms with van der Waals surface area (Å²) >= 11 is 13.0. The summed E-state index contributed by atoms with van der Waals surface area (Å²) in [5.74, 6) is -1.03. The first-order valence-electron chi connectivity index (χ1n) is 15.3. The molecule has 2 N–H and O–H groups in total. The van der Waals surface area contributed by atoms with E-state index in [4.69, 9.17) is 42.1 Å². The quantitative estimate of drug-likeness (QED) is 0.161. The van der Waals surface area contributed by atoms with Crippen molar-refractivity contribution in [1.82, 2.24) is 24.8 Å². The van der Waals surface area contributed by atoms with Crippen LogP contribution in [-0.2, 0) is 25.5 Å². The number of carboxylic acid groups (broad SMARTS) is 1. The molecule has 0 aliphatic carbocycles. The number of hydrogen-bond donors (Lipinski definition) is 2. The molecule has 0 radical (unpaired) electrons. The standard InChI is InChI=1S/C32H42Cl2N6O9/c1-30(2,3)47-27(43)38-20(26(41)42)11-10-14-46-21-13-12-19(33)22(34)18(21)15-39-17-37-23-24(39)35-16-36-25(23)40(28(44)48-31(4,5)6)29(45)49-32(7,8)9/h12-13,16-17,20H,10-11,14-15H2,1-9H3,(H,38,43)(H,41,42). The van der Waals surface area contributed by atoms with E-state index in [1.807, 2.05) is 0 Å². The van der Waals surface area contributed by atoms with Crippen molar-refractivity contribution in [2.24, 2.45) is 0 Å². The molecular weight excluding hydrogens is 683 g/mol. The van der Waals surface area contributed by atoms with Gasteiger partial charge in [0.05, 0.1) is 29.5 Å². The molecule has 15 nitrogen and oxygen atoms in total. The number of carboxylic acids is 1. The zero-order chi connectivity index (χ0) is 36.9. The molecule has 3 rings (SSSR count). The fourth-order valence-corrected chi connectivity index (χ4v) is 4.61. The monoisotopic (exact) mass is 724 g/mol. The maximum Gasteiger partial charge on any atom is 0.425 e. The highest BCUT2D eigenvalue weighted by Crippen LogP contribution is 2.35. The van der Waals surface area contributed by atoms with Gasteiger partial charge in [-0.05, 0) is 87.3 Å². The maximum atomic E-state index is 13.3. The van der Waals surface area contributed by atoms with E-state index in [0.29, 0.717) is 16.2 Å². The number of nitrogens with one attached hydrogen (secondary N) is 1. The molecule has 0 bridgehead atoms. The smallest absolute Gasteiger partial charge is 0.425 e. The van der Waals surface area contributed by atoms with Gasteiger partial charge < -0.3 is 33.9 Å². The van der Waals surface area contributed by atoms with E-state index in [2.05, 4.69) is 20.3 Å². The zero-order valence-corrected chi connectivity index (χ0v) is 30.4. The normalized spacial score (nSPS) is 12.6. The van der Waals surface area contributed by atoms with Crippen LogP contribution in [0.25, 0.3) is 11.2 Å². The van der Waals surface area contributed by atoms with Crippen LogP contribution in [0.5, 0.6) is 5.75 Å². The van der Waals surface area contributed by atoms with Crippen LogP contribution < -0.4 is 15.0 Å². The van der Waals surface area contributed by atoms with Gasteiger partial charge in [0, 0.05) is 5.56 Å². The number of halogens is 2. The van der Waals surface area contributed by atoms with E-state index in [9.17, 15) is 24.3 Å². The van der Waals surface area contributed by atoms with E-state index < -0.39 is 47.1 Å². The van der Waals surface area contributed by atoms with Gasteiger partial charge in [-0.2, -0.15) is 4.90 Å². The van der Waals surface area contributed by atoms with Gasteiger partial charge in [-0.3, -0.25) is 0 Å². The molecule has 0 saturated carbocycles. The predicted molar refractivity (Wildman–Crippen MR) is 181 cm³/mol. The van der Waals surface area contributed by atoms with Crippen LogP contribution in [-0.4, -0.2) is 78.3 Å². The van der Waals surface area contributed by atoms with Crippen molar-refractivity contribution in [2.75, 3.05) is 11.5 Å². The molecule has 0 spiro atoms. The number of benzene rings is 1. The Morgan fingerprint density at radius 3 is 2.04 bits per heavy atom. The van der Waals surface area contributed by atoms with Gasteiger partial charge in [-0.25, -0.2) is 34.1 Å². The molecule has 0 fully saturated rings. The summed E-state index contributed by atoms with van der Waals surface area (Å²) in [6.45, 7) is 15.1. The molecule has 3 amide bonds. The Balaban J connectivity index is 1.88. The Labute approximate surface area is 294 Å². The van der Waals surface area contributed by atoms with E-state index in [1.165, 1.54) is 12.7 Å². The first-order chi connectivity index (χ1) is 22.6. The molecule has 0 saturated heterocycles. The number of aliphatic carboxylic acids is 1. The number of anilines is 1. The molecule has 17 heteroatoms. The minimum atomic E-state index is -1.22. The van der Waals surface area contributed by atoms with Gasteiger partial charge in [-0.1, -0.05) is 23.2 Å². The number of imidazole rings is 1. The average molecular weight is 726 g/mol. The topological polar surface area (TPSA) is 184 Å². The Morgan fingerprint density at radius 1 is 0.898 bits per heavy atom. The number of amides is 3. The van der Waals surface area contributed by atoms with Crippen LogP contribution in [0.1, 0.15) is 80.7 Å². The van der Waals surface area contributed by atoms with E-state index >= 15 is 0 Å². The van der Waals surface area contributed by atoms with Crippen LogP contribution in [0.4, 0.5) is 20.2 Å². The van der Waals surface area contributed by atoms with Crippen molar-refractivity contribution >= 4 is 64.4 Å². The maximum absolute atomic E-state index is 13.3. The number of ether oxygens (including phenoxy) is 4. The molecule has 2 heterocycles. The second kappa shape index (κ2) is 15.5. The number of carbonyl (C=O) groups excluding carboxylic acids is 3. The van der Waals surface area contributed by atoms with Crippen molar-refractivity contribution in [3.05, 3.63) is 40.4 Å². The number of hydrogen-bond acceptors (Lipinski definition) is 11. The molecule has 1 atom stereocenters. The van der Waals surface area contributed by atoms with Crippen molar-refractivity contribution in [2.45, 2.75) is 105 Å². The molecule has 268 valence electrons. The number of rotatable bonds is 10. The number of carbonyl (C=O) groups is 4. The summed E-state index contributed by atoms with van der Waals surface area (Å²) in [7, 11) is 0. The molecule has 0 aliphatic rings. The minimum Gasteiger partial charge on any atom is -0.493 e. The predicted octanol–water partition coefficient (Wildman–Crippen LogP) is 6.99. The number of alkyl carbamates (subject to hydrolysis) is 1. The van der Waals surface area contributed by atoms with E-state index in [1.54, 1.807) is 79.0 Å². The number of nitrogens with zero attached hydrogens (tertiary/aromatic N) is 5. The van der Waals surface area contributed by atoms with Crippen LogP contribution >= 0.6 is 23.2 Å². The Morgan fingerprint density at radius 2 is 1.49 bits per heavy atom. The van der Waals surface area contributed by atoms with E-state index in [0.717, 1.165) is 0 Å². The van der Waals surface area contributed by atoms with Crippen molar-refractivity contribution in [3.63, 3.8) is 0 Å². The first kappa shape index (κ1) is 39.1. The molecule has 1 aromatic carbocycles. The van der Waals surface area contributed by atoms with Crippen molar-refractivity contribution < 1.29 is 43.2 Å². The molecule has 1 unspecified atom stereocenters. The molecule has 2 aromatic heterocycles. The van der Waals surface area contributed by atoms with Gasteiger partial charge in [0.25, 0.3) is 0 Å². The lowest BCUT2D eigenvalue weighted by Gasteiger charge is -2.28. The lowest BCUT2D eigenvalue weighted by molar-refractivity contribution is -0.139. The summed E-state index contributed by atoms with van der Waals surface area (Å²) in [5.41, 5.74) is -1.88. The first-order valence-corrected chi connectivity index (χ1v) is 16.1. The summed E-state index contributed by atoms with van der Waals surface area (Å²) in [6, 6.07) is 1.97. The van der Waals surface area contributed by atoms with Gasteiger partial charge in [0.2, 0.25) is 0 Å². The third-order valence-corrected chi connectivity index (χ3v) is 6.95. The summed E-state index contributed by atoms with van der Waals surface area (Å²) < 4.78 is 23.7. The van der Waals surface area contributed by atoms with Gasteiger partial charge >= 0.3 is 24.2 Å². The Kier molecular flexibility index (Phi) is 12.3. The summed E-state index contributed by atoms with van der Waals surface area (Å²) in [6.07, 6.45) is 0.0237. The third-order valence-electron chi connectivity index (χ3n) is 6.11. The lowest BCUT2D eigenvalue weighted by Crippen LogP contribution is -2.44.